The molecule has 1 saturated heterocycles. The molecule has 1 aromatic rings. The Hall–Kier alpha value is -2.55. The molecule has 0 aromatic heterocycles. The van der Waals surface area contributed by atoms with E-state index in [0.717, 1.165) is 5.56 Å². The van der Waals surface area contributed by atoms with Crippen molar-refractivity contribution < 1.29 is 28.6 Å². The summed E-state index contributed by atoms with van der Waals surface area (Å²) >= 11 is 3.75. The van der Waals surface area contributed by atoms with Crippen LogP contribution in [0.2, 0.25) is 0 Å². The fourth-order valence-corrected chi connectivity index (χ4v) is 4.96. The summed E-state index contributed by atoms with van der Waals surface area (Å²) in [5.41, 5.74) is 0.616. The van der Waals surface area contributed by atoms with Gasteiger partial charge in [-0.1, -0.05) is 46.8 Å². The summed E-state index contributed by atoms with van der Waals surface area (Å²) < 4.78 is 14.9. The summed E-state index contributed by atoms with van der Waals surface area (Å²) in [6.45, 7) is 8.79. The lowest BCUT2D eigenvalue weighted by molar-refractivity contribution is -0.145. The van der Waals surface area contributed by atoms with Crippen LogP contribution in [0.1, 0.15) is 32.8 Å². The van der Waals surface area contributed by atoms with Crippen molar-refractivity contribution in [2.24, 2.45) is 0 Å². The highest BCUT2D eigenvalue weighted by Gasteiger charge is 2.65. The number of esters is 1. The fraction of sp³-hybridized carbons (Fsp3) is 0.476. The van der Waals surface area contributed by atoms with Crippen LogP contribution in [0.25, 0.3) is 0 Å². The molecule has 2 aliphatic rings. The van der Waals surface area contributed by atoms with Crippen LogP contribution in [-0.4, -0.2) is 54.6 Å². The lowest BCUT2D eigenvalue weighted by Gasteiger charge is -2.35. The second-order valence-electron chi connectivity index (χ2n) is 8.12. The van der Waals surface area contributed by atoms with E-state index in [1.54, 1.807) is 32.9 Å². The maximum Gasteiger partial charge on any atom is 0.416 e. The van der Waals surface area contributed by atoms with E-state index in [0.29, 0.717) is 5.69 Å². The Bertz CT molecular complexity index is 882. The zero-order chi connectivity index (χ0) is 22.3. The lowest BCUT2D eigenvalue weighted by Crippen LogP contribution is -2.56. The van der Waals surface area contributed by atoms with Crippen molar-refractivity contribution in [3.63, 3.8) is 0 Å². The van der Waals surface area contributed by atoms with Crippen LogP contribution >= 0.6 is 15.9 Å². The minimum atomic E-state index is -0.949. The van der Waals surface area contributed by atoms with Gasteiger partial charge in [0.1, 0.15) is 24.4 Å². The number of carbonyl (C=O) groups is 3. The van der Waals surface area contributed by atoms with Crippen molar-refractivity contribution in [1.29, 1.82) is 0 Å². The third-order valence-electron chi connectivity index (χ3n) is 4.95. The van der Waals surface area contributed by atoms with Gasteiger partial charge in [-0.2, -0.15) is 0 Å². The van der Waals surface area contributed by atoms with E-state index in [1.165, 1.54) is 23.0 Å². The zero-order valence-electron chi connectivity index (χ0n) is 17.4. The van der Waals surface area contributed by atoms with Crippen LogP contribution in [0.5, 0.6) is 0 Å². The van der Waals surface area contributed by atoms with Gasteiger partial charge in [-0.05, 0) is 32.4 Å². The van der Waals surface area contributed by atoms with Crippen molar-refractivity contribution in [1.82, 2.24) is 4.90 Å². The van der Waals surface area contributed by atoms with Gasteiger partial charge in [0, 0.05) is 6.42 Å². The predicted molar refractivity (Wildman–Crippen MR) is 113 cm³/mol. The highest BCUT2D eigenvalue weighted by atomic mass is 79.9. The molecule has 8 nitrogen and oxygen atoms in total. The number of fused-ring (bicyclic) bond motifs is 3. The second kappa shape index (κ2) is 7.94. The number of halogens is 1. The molecule has 0 aliphatic carbocycles. The average Bonchev–Trinajstić information content (AvgIpc) is 3.11. The minimum Gasteiger partial charge on any atom is -0.467 e. The molecule has 3 atom stereocenters. The smallest absolute Gasteiger partial charge is 0.416 e. The van der Waals surface area contributed by atoms with Gasteiger partial charge in [0.25, 0.3) is 0 Å². The molecule has 0 bridgehead atoms. The highest BCUT2D eigenvalue weighted by Crippen LogP contribution is 2.58. The molecule has 0 unspecified atom stereocenters. The largest absolute Gasteiger partial charge is 0.467 e. The molecular weight excluding hydrogens is 456 g/mol. The van der Waals surface area contributed by atoms with Gasteiger partial charge in [-0.25, -0.2) is 14.4 Å². The minimum absolute atomic E-state index is 0.0371. The molecule has 2 amide bonds. The van der Waals surface area contributed by atoms with Crippen LogP contribution < -0.4 is 4.90 Å². The van der Waals surface area contributed by atoms with Crippen molar-refractivity contribution >= 4 is 39.8 Å². The summed E-state index contributed by atoms with van der Waals surface area (Å²) in [4.78, 5) is 41.4. The normalized spacial score (nSPS) is 24.7. The van der Waals surface area contributed by atoms with Crippen LogP contribution in [0.3, 0.4) is 0 Å². The molecule has 0 saturated carbocycles. The molecular formula is C21H25BrN2O6. The summed E-state index contributed by atoms with van der Waals surface area (Å²) in [6.07, 6.45) is -0.640. The van der Waals surface area contributed by atoms with E-state index < -0.39 is 40.3 Å². The van der Waals surface area contributed by atoms with Gasteiger partial charge >= 0.3 is 18.2 Å². The average molecular weight is 481 g/mol. The Morgan fingerprint density at radius 2 is 1.93 bits per heavy atom. The topological polar surface area (TPSA) is 85.4 Å². The monoisotopic (exact) mass is 480 g/mol. The van der Waals surface area contributed by atoms with E-state index >= 15 is 0 Å². The number of nitrogens with zero attached hydrogens (tertiary/aromatic N) is 2. The number of ether oxygens (including phenoxy) is 3. The molecule has 2 aliphatic heterocycles. The lowest BCUT2D eigenvalue weighted by atomic mass is 9.96. The molecule has 3 rings (SSSR count). The summed E-state index contributed by atoms with van der Waals surface area (Å²) in [5, 5.41) is 0. The van der Waals surface area contributed by atoms with Gasteiger partial charge in [0.15, 0.2) is 0 Å². The summed E-state index contributed by atoms with van der Waals surface area (Å²) in [7, 11) is 1.25. The molecule has 30 heavy (non-hydrogen) atoms. The fourth-order valence-electron chi connectivity index (χ4n) is 3.90. The number of likely N-dealkylation sites (tertiary alicyclic amines) is 1. The number of methoxy groups -OCH3 is 1. The van der Waals surface area contributed by atoms with E-state index in [-0.39, 0.29) is 13.0 Å². The van der Waals surface area contributed by atoms with Crippen LogP contribution in [-0.2, 0) is 23.3 Å². The third kappa shape index (κ3) is 3.66. The number of hydrogen-bond acceptors (Lipinski definition) is 6. The Morgan fingerprint density at radius 1 is 1.27 bits per heavy atom. The Kier molecular flexibility index (Phi) is 5.86. The maximum absolute atomic E-state index is 13.2. The maximum atomic E-state index is 13.2. The first-order chi connectivity index (χ1) is 14.0. The first kappa shape index (κ1) is 22.1. The van der Waals surface area contributed by atoms with Crippen molar-refractivity contribution in [3.05, 3.63) is 42.5 Å². The number of anilines is 1. The molecule has 0 radical (unpaired) electrons. The molecule has 0 spiro atoms. The van der Waals surface area contributed by atoms with Crippen molar-refractivity contribution in [2.45, 2.75) is 49.3 Å². The van der Waals surface area contributed by atoms with E-state index in [2.05, 4.69) is 22.5 Å². The Balaban J connectivity index is 2.13. The number of rotatable bonds is 3. The first-order valence-electron chi connectivity index (χ1n) is 9.49. The standard InChI is InChI=1S/C21H25BrN2O6/c1-6-11-29-18(26)24-15(16(25)28-5)12-21(22)13-9-7-8-10-14(13)23(17(21)24)19(27)30-20(2,3)4/h6-10,15,17H,1,11-12H2,2-5H3/t15-,17-,21+/m0/s1. The second-order valence-corrected chi connectivity index (χ2v) is 9.53. The molecule has 1 aromatic carbocycles. The van der Waals surface area contributed by atoms with E-state index in [4.69, 9.17) is 14.2 Å². The van der Waals surface area contributed by atoms with Gasteiger partial charge in [-0.3, -0.25) is 9.80 Å². The molecule has 2 heterocycles. The van der Waals surface area contributed by atoms with Crippen molar-refractivity contribution in [2.75, 3.05) is 18.6 Å². The van der Waals surface area contributed by atoms with Gasteiger partial charge in [-0.15, -0.1) is 0 Å². The number of hydrogen-bond donors (Lipinski definition) is 0. The molecule has 9 heteroatoms. The van der Waals surface area contributed by atoms with Crippen molar-refractivity contribution in [3.8, 4) is 0 Å². The predicted octanol–water partition coefficient (Wildman–Crippen LogP) is 3.93. The van der Waals surface area contributed by atoms with E-state index in [1.807, 2.05) is 12.1 Å². The van der Waals surface area contributed by atoms with Gasteiger partial charge in [0.05, 0.1) is 17.1 Å². The number of alkyl halides is 1. The molecule has 162 valence electrons. The highest BCUT2D eigenvalue weighted by molar-refractivity contribution is 9.09. The summed E-state index contributed by atoms with van der Waals surface area (Å²) in [5.74, 6) is -0.597. The van der Waals surface area contributed by atoms with Gasteiger partial charge < -0.3 is 14.2 Å². The third-order valence-corrected chi connectivity index (χ3v) is 6.11. The molecule has 0 N–H and O–H groups in total. The molecule has 1 fully saturated rings. The van der Waals surface area contributed by atoms with Crippen LogP contribution in [0.4, 0.5) is 15.3 Å². The first-order valence-corrected chi connectivity index (χ1v) is 10.3. The number of amides is 2. The zero-order valence-corrected chi connectivity index (χ0v) is 19.0. The number of carbonyl (C=O) groups excluding carboxylic acids is 3. The Labute approximate surface area is 183 Å². The van der Waals surface area contributed by atoms with Crippen LogP contribution in [0.15, 0.2) is 36.9 Å². The quantitative estimate of drug-likeness (QED) is 0.282. The summed E-state index contributed by atoms with van der Waals surface area (Å²) in [6, 6.07) is 6.32. The Morgan fingerprint density at radius 3 is 2.53 bits per heavy atom. The SMILES string of the molecule is C=CCOC(=O)N1[C@H](C(=O)OC)C[C@@]2(Br)c3ccccc3N(C(=O)OC(C)(C)C)[C@@H]12. The number of benzene rings is 1. The van der Waals surface area contributed by atoms with Crippen LogP contribution in [0, 0.1) is 0 Å². The van der Waals surface area contributed by atoms with E-state index in [9.17, 15) is 14.4 Å². The van der Waals surface area contributed by atoms with Gasteiger partial charge in [0.2, 0.25) is 0 Å². The number of para-hydroxylation sites is 1.